The molecular formula is C16H32N2. The van der Waals surface area contributed by atoms with E-state index in [4.69, 9.17) is 5.73 Å². The van der Waals surface area contributed by atoms with Crippen LogP contribution in [0.5, 0.6) is 0 Å². The minimum absolute atomic E-state index is 0.0397. The number of hydrogen-bond acceptors (Lipinski definition) is 2. The van der Waals surface area contributed by atoms with Gasteiger partial charge in [0.05, 0.1) is 0 Å². The van der Waals surface area contributed by atoms with Crippen molar-refractivity contribution in [2.75, 3.05) is 13.1 Å². The van der Waals surface area contributed by atoms with E-state index < -0.39 is 0 Å². The fourth-order valence-electron chi connectivity index (χ4n) is 3.53. The number of nitrogens with zero attached hydrogens (tertiary/aromatic N) is 1. The van der Waals surface area contributed by atoms with Crippen molar-refractivity contribution in [3.63, 3.8) is 0 Å². The third-order valence-electron chi connectivity index (χ3n) is 4.49. The average Bonchev–Trinajstić information content (AvgIpc) is 2.29. The van der Waals surface area contributed by atoms with Gasteiger partial charge in [-0.05, 0) is 44.9 Å². The van der Waals surface area contributed by atoms with Gasteiger partial charge in [0.15, 0.2) is 0 Å². The predicted molar refractivity (Wildman–Crippen MR) is 80.4 cm³/mol. The van der Waals surface area contributed by atoms with Gasteiger partial charge in [0.2, 0.25) is 0 Å². The lowest BCUT2D eigenvalue weighted by Crippen LogP contribution is -2.47. The molecule has 0 aliphatic carbocycles. The second-order valence-corrected chi connectivity index (χ2v) is 6.48. The van der Waals surface area contributed by atoms with E-state index in [1.807, 2.05) is 0 Å². The Morgan fingerprint density at radius 3 is 2.28 bits per heavy atom. The number of nitrogens with two attached hydrogens (primary N) is 1. The van der Waals surface area contributed by atoms with E-state index in [0.717, 1.165) is 12.3 Å². The zero-order valence-corrected chi connectivity index (χ0v) is 12.8. The van der Waals surface area contributed by atoms with Gasteiger partial charge < -0.3 is 10.6 Å². The Morgan fingerprint density at radius 1 is 1.33 bits per heavy atom. The van der Waals surface area contributed by atoms with Gasteiger partial charge in [0, 0.05) is 24.3 Å². The van der Waals surface area contributed by atoms with Crippen LogP contribution in [0.25, 0.3) is 0 Å². The Kier molecular flexibility index (Phi) is 5.71. The van der Waals surface area contributed by atoms with Gasteiger partial charge in [0.25, 0.3) is 0 Å². The van der Waals surface area contributed by atoms with E-state index in [0.29, 0.717) is 5.92 Å². The Balaban J connectivity index is 2.50. The van der Waals surface area contributed by atoms with Crippen LogP contribution in [0.1, 0.15) is 59.8 Å². The van der Waals surface area contributed by atoms with Gasteiger partial charge in [0.1, 0.15) is 0 Å². The van der Waals surface area contributed by atoms with Crippen molar-refractivity contribution in [1.29, 1.82) is 0 Å². The van der Waals surface area contributed by atoms with Crippen LogP contribution >= 0.6 is 0 Å². The molecule has 1 unspecified atom stereocenters. The van der Waals surface area contributed by atoms with Gasteiger partial charge in [-0.15, -0.1) is 0 Å². The third-order valence-corrected chi connectivity index (χ3v) is 4.49. The van der Waals surface area contributed by atoms with Crippen LogP contribution in [0.3, 0.4) is 0 Å². The van der Waals surface area contributed by atoms with Gasteiger partial charge in [-0.2, -0.15) is 0 Å². The molecule has 18 heavy (non-hydrogen) atoms. The normalized spacial score (nSPS) is 19.9. The molecule has 1 heterocycles. The summed E-state index contributed by atoms with van der Waals surface area (Å²) in [5, 5.41) is 0. The largest absolute Gasteiger partial charge is 0.375 e. The summed E-state index contributed by atoms with van der Waals surface area (Å²) in [7, 11) is 0. The van der Waals surface area contributed by atoms with Gasteiger partial charge in [-0.1, -0.05) is 33.3 Å². The molecule has 1 rings (SSSR count). The van der Waals surface area contributed by atoms with Gasteiger partial charge in [-0.3, -0.25) is 0 Å². The van der Waals surface area contributed by atoms with E-state index in [1.165, 1.54) is 44.5 Å². The van der Waals surface area contributed by atoms with Crippen molar-refractivity contribution in [2.24, 2.45) is 17.6 Å². The van der Waals surface area contributed by atoms with E-state index in [9.17, 15) is 0 Å². The molecule has 0 saturated carbocycles. The Morgan fingerprint density at radius 2 is 1.89 bits per heavy atom. The molecule has 0 aromatic carbocycles. The lowest BCUT2D eigenvalue weighted by atomic mass is 9.73. The van der Waals surface area contributed by atoms with Crippen LogP contribution < -0.4 is 5.73 Å². The van der Waals surface area contributed by atoms with Crippen molar-refractivity contribution in [3.05, 3.63) is 12.3 Å². The third kappa shape index (κ3) is 4.01. The fraction of sp³-hybridized carbons (Fsp3) is 0.875. The highest BCUT2D eigenvalue weighted by Crippen LogP contribution is 2.34. The summed E-state index contributed by atoms with van der Waals surface area (Å²) >= 11 is 0. The van der Waals surface area contributed by atoms with Crippen LogP contribution in [0.15, 0.2) is 12.3 Å². The molecule has 2 nitrogen and oxygen atoms in total. The van der Waals surface area contributed by atoms with E-state index >= 15 is 0 Å². The topological polar surface area (TPSA) is 29.3 Å². The summed E-state index contributed by atoms with van der Waals surface area (Å²) in [4.78, 5) is 2.48. The summed E-state index contributed by atoms with van der Waals surface area (Å²) in [6, 6.07) is 0. The van der Waals surface area contributed by atoms with Crippen LogP contribution in [0.2, 0.25) is 0 Å². The molecule has 1 aliphatic rings. The molecule has 1 fully saturated rings. The molecule has 1 atom stereocenters. The number of piperidine rings is 1. The van der Waals surface area contributed by atoms with E-state index in [2.05, 4.69) is 39.2 Å². The Bertz CT molecular complexity index is 257. The summed E-state index contributed by atoms with van der Waals surface area (Å²) in [5.74, 6) is 1.44. The molecular weight excluding hydrogens is 220 g/mol. The van der Waals surface area contributed by atoms with Crippen LogP contribution in [-0.4, -0.2) is 23.5 Å². The van der Waals surface area contributed by atoms with Gasteiger partial charge >= 0.3 is 0 Å². The summed E-state index contributed by atoms with van der Waals surface area (Å²) in [5.41, 5.74) is 7.62. The quantitative estimate of drug-likeness (QED) is 0.779. The summed E-state index contributed by atoms with van der Waals surface area (Å²) in [6.07, 6.45) is 6.10. The lowest BCUT2D eigenvalue weighted by Gasteiger charge is -2.42. The van der Waals surface area contributed by atoms with Gasteiger partial charge in [-0.25, -0.2) is 0 Å². The minimum Gasteiger partial charge on any atom is -0.375 e. The van der Waals surface area contributed by atoms with Crippen molar-refractivity contribution in [1.82, 2.24) is 4.90 Å². The van der Waals surface area contributed by atoms with Crippen LogP contribution in [0.4, 0.5) is 0 Å². The number of likely N-dealkylation sites (tertiary alicyclic amines) is 1. The van der Waals surface area contributed by atoms with Crippen molar-refractivity contribution in [2.45, 2.75) is 65.3 Å². The molecule has 2 N–H and O–H groups in total. The zero-order chi connectivity index (χ0) is 13.8. The molecule has 1 saturated heterocycles. The second kappa shape index (κ2) is 6.60. The molecule has 106 valence electrons. The molecule has 0 aromatic rings. The number of rotatable bonds is 6. The average molecular weight is 252 g/mol. The first-order chi connectivity index (χ1) is 8.40. The first-order valence-corrected chi connectivity index (χ1v) is 7.61. The SMILES string of the molecule is C=C(CCC)N1CCC(C(CC)C(C)(C)N)CC1. The Hall–Kier alpha value is -0.500. The molecule has 1 aliphatic heterocycles. The van der Waals surface area contributed by atoms with Crippen LogP contribution in [-0.2, 0) is 0 Å². The molecule has 0 bridgehead atoms. The molecule has 0 radical (unpaired) electrons. The standard InChI is InChI=1S/C16H32N2/c1-6-8-13(3)18-11-9-14(10-12-18)15(7-2)16(4,5)17/h14-15H,3,6-12,17H2,1-2,4-5H3. The molecule has 2 heteroatoms. The van der Waals surface area contributed by atoms with Crippen molar-refractivity contribution in [3.8, 4) is 0 Å². The lowest BCUT2D eigenvalue weighted by molar-refractivity contribution is 0.127. The predicted octanol–water partition coefficient (Wildman–Crippen LogP) is 3.78. The maximum atomic E-state index is 6.33. The number of allylic oxidation sites excluding steroid dienone is 1. The zero-order valence-electron chi connectivity index (χ0n) is 12.8. The van der Waals surface area contributed by atoms with Crippen LogP contribution in [0, 0.1) is 11.8 Å². The highest BCUT2D eigenvalue weighted by Gasteiger charge is 2.33. The van der Waals surface area contributed by atoms with E-state index in [-0.39, 0.29) is 5.54 Å². The van der Waals surface area contributed by atoms with E-state index in [1.54, 1.807) is 0 Å². The summed E-state index contributed by atoms with van der Waals surface area (Å²) < 4.78 is 0. The molecule has 0 aromatic heterocycles. The summed E-state index contributed by atoms with van der Waals surface area (Å²) in [6.45, 7) is 15.4. The monoisotopic (exact) mass is 252 g/mol. The second-order valence-electron chi connectivity index (χ2n) is 6.48. The number of hydrogen-bond donors (Lipinski definition) is 1. The smallest absolute Gasteiger partial charge is 0.0177 e. The Labute approximate surface area is 114 Å². The minimum atomic E-state index is -0.0397. The fourth-order valence-corrected chi connectivity index (χ4v) is 3.53. The molecule has 0 amide bonds. The highest BCUT2D eigenvalue weighted by atomic mass is 15.1. The molecule has 0 spiro atoms. The van der Waals surface area contributed by atoms with Crippen molar-refractivity contribution >= 4 is 0 Å². The maximum absolute atomic E-state index is 6.33. The highest BCUT2D eigenvalue weighted by molar-refractivity contribution is 4.97. The van der Waals surface area contributed by atoms with Crippen molar-refractivity contribution < 1.29 is 0 Å². The first-order valence-electron chi connectivity index (χ1n) is 7.61. The first kappa shape index (κ1) is 15.6. The maximum Gasteiger partial charge on any atom is 0.0177 e.